The average molecular weight is 382 g/mol. The molecule has 0 saturated heterocycles. The van der Waals surface area contributed by atoms with Crippen molar-refractivity contribution in [3.63, 3.8) is 0 Å². The van der Waals surface area contributed by atoms with E-state index in [0.717, 1.165) is 17.1 Å². The van der Waals surface area contributed by atoms with E-state index in [4.69, 9.17) is 10.1 Å². The Kier molecular flexibility index (Phi) is 5.30. The third-order valence-corrected chi connectivity index (χ3v) is 5.99. The van der Waals surface area contributed by atoms with Gasteiger partial charge in [-0.15, -0.1) is 0 Å². The summed E-state index contributed by atoms with van der Waals surface area (Å²) in [6.07, 6.45) is 0. The van der Waals surface area contributed by atoms with E-state index in [1.54, 1.807) is 0 Å². The second-order valence-electron chi connectivity index (χ2n) is 7.75. The van der Waals surface area contributed by atoms with Crippen LogP contribution in [0.2, 0.25) is 0 Å². The van der Waals surface area contributed by atoms with Gasteiger partial charge < -0.3 is 0 Å². The zero-order valence-electron chi connectivity index (χ0n) is 17.3. The second kappa shape index (κ2) is 8.04. The molecule has 4 rings (SSSR count). The number of benzene rings is 3. The first-order chi connectivity index (χ1) is 14.1. The summed E-state index contributed by atoms with van der Waals surface area (Å²) in [6, 6.07) is 31.7. The summed E-state index contributed by atoms with van der Waals surface area (Å²) in [5.41, 5.74) is 4.49. The lowest BCUT2D eigenvalue weighted by Gasteiger charge is -2.34. The van der Waals surface area contributed by atoms with E-state index in [-0.39, 0.29) is 11.5 Å². The molecular formula is C26H27N3. The molecular weight excluding hydrogens is 354 g/mol. The fourth-order valence-corrected chi connectivity index (χ4v) is 4.07. The molecule has 1 heterocycles. The van der Waals surface area contributed by atoms with Crippen molar-refractivity contribution in [1.29, 1.82) is 0 Å². The number of hydrazone groups is 1. The Hall–Kier alpha value is -3.20. The average Bonchev–Trinajstić information content (AvgIpc) is 3.06. The Morgan fingerprint density at radius 3 is 2.07 bits per heavy atom. The minimum atomic E-state index is -0.230. The number of aliphatic imine (C=N–C) groups is 1. The van der Waals surface area contributed by atoms with E-state index in [0.29, 0.717) is 6.54 Å². The number of rotatable bonds is 4. The Morgan fingerprint density at radius 1 is 0.897 bits per heavy atom. The van der Waals surface area contributed by atoms with Crippen molar-refractivity contribution in [2.75, 3.05) is 0 Å². The Labute approximate surface area is 173 Å². The minimum absolute atomic E-state index is 0.152. The van der Waals surface area contributed by atoms with E-state index < -0.39 is 0 Å². The van der Waals surface area contributed by atoms with Crippen LogP contribution in [0.4, 0.5) is 0 Å². The molecule has 29 heavy (non-hydrogen) atoms. The van der Waals surface area contributed by atoms with Crippen LogP contribution in [0.15, 0.2) is 101 Å². The molecule has 0 radical (unpaired) electrons. The molecule has 0 bridgehead atoms. The maximum absolute atomic E-state index is 5.10. The predicted octanol–water partition coefficient (Wildman–Crippen LogP) is 5.67. The summed E-state index contributed by atoms with van der Waals surface area (Å²) in [5, 5.41) is 7.20. The number of nitrogens with zero attached hydrogens (tertiary/aromatic N) is 3. The van der Waals surface area contributed by atoms with E-state index in [2.05, 4.69) is 105 Å². The van der Waals surface area contributed by atoms with Gasteiger partial charge in [-0.25, -0.2) is 5.01 Å². The van der Waals surface area contributed by atoms with Gasteiger partial charge >= 0.3 is 0 Å². The topological polar surface area (TPSA) is 28.0 Å². The Balaban J connectivity index is 1.73. The normalized spacial score (nSPS) is 21.9. The third-order valence-electron chi connectivity index (χ3n) is 5.99. The number of hydrogen-bond donors (Lipinski definition) is 0. The van der Waals surface area contributed by atoms with Crippen LogP contribution in [-0.4, -0.2) is 22.6 Å². The molecule has 0 aromatic heterocycles. The summed E-state index contributed by atoms with van der Waals surface area (Å²) in [4.78, 5) is 4.85. The first-order valence-electron chi connectivity index (χ1n) is 10.1. The lowest BCUT2D eigenvalue weighted by atomic mass is 9.71. The Morgan fingerprint density at radius 2 is 1.45 bits per heavy atom. The molecule has 0 spiro atoms. The highest BCUT2D eigenvalue weighted by atomic mass is 15.5. The van der Waals surface area contributed by atoms with E-state index in [1.165, 1.54) is 11.1 Å². The Bertz CT molecular complexity index is 1010. The molecule has 1 aliphatic rings. The van der Waals surface area contributed by atoms with Gasteiger partial charge in [0.2, 0.25) is 0 Å². The monoisotopic (exact) mass is 381 g/mol. The van der Waals surface area contributed by atoms with Crippen molar-refractivity contribution < 1.29 is 0 Å². The lowest BCUT2D eigenvalue weighted by molar-refractivity contribution is 0.311. The van der Waals surface area contributed by atoms with Crippen LogP contribution < -0.4 is 0 Å². The molecule has 0 aliphatic carbocycles. The number of amidine groups is 1. The van der Waals surface area contributed by atoms with Crippen molar-refractivity contribution in [3.8, 4) is 0 Å². The van der Waals surface area contributed by atoms with Crippen molar-refractivity contribution in [3.05, 3.63) is 108 Å². The molecule has 3 heteroatoms. The summed E-state index contributed by atoms with van der Waals surface area (Å²) in [7, 11) is 0. The quantitative estimate of drug-likeness (QED) is 0.423. The van der Waals surface area contributed by atoms with Crippen molar-refractivity contribution in [2.24, 2.45) is 10.1 Å². The highest BCUT2D eigenvalue weighted by molar-refractivity contribution is 6.10. The van der Waals surface area contributed by atoms with Gasteiger partial charge in [-0.1, -0.05) is 91.0 Å². The van der Waals surface area contributed by atoms with Gasteiger partial charge in [0.05, 0.1) is 23.7 Å². The van der Waals surface area contributed by atoms with Crippen molar-refractivity contribution in [2.45, 2.75) is 38.8 Å². The molecule has 0 N–H and O–H groups in total. The molecule has 0 amide bonds. The largest absolute Gasteiger partial charge is 0.266 e. The maximum atomic E-state index is 5.10. The SMILES string of the molecule is CC(=NCc1ccccc1)N1N=C(c2ccccc2)[C@@](C)(c2ccccc2)[C@H]1C. The summed E-state index contributed by atoms with van der Waals surface area (Å²) >= 11 is 0. The smallest absolute Gasteiger partial charge is 0.117 e. The van der Waals surface area contributed by atoms with Gasteiger partial charge in [0.25, 0.3) is 0 Å². The van der Waals surface area contributed by atoms with E-state index in [9.17, 15) is 0 Å². The van der Waals surface area contributed by atoms with Gasteiger partial charge in [-0.05, 0) is 37.5 Å². The molecule has 2 atom stereocenters. The molecule has 146 valence electrons. The van der Waals surface area contributed by atoms with Crippen LogP contribution in [-0.2, 0) is 12.0 Å². The van der Waals surface area contributed by atoms with E-state index in [1.807, 2.05) is 12.1 Å². The van der Waals surface area contributed by atoms with Gasteiger partial charge in [-0.3, -0.25) is 4.99 Å². The highest BCUT2D eigenvalue weighted by Gasteiger charge is 2.47. The van der Waals surface area contributed by atoms with Crippen LogP contribution in [0, 0.1) is 0 Å². The molecule has 3 aromatic carbocycles. The van der Waals surface area contributed by atoms with Gasteiger partial charge in [0, 0.05) is 0 Å². The van der Waals surface area contributed by atoms with Crippen LogP contribution in [0.25, 0.3) is 0 Å². The first-order valence-corrected chi connectivity index (χ1v) is 10.1. The molecule has 1 aliphatic heterocycles. The zero-order valence-corrected chi connectivity index (χ0v) is 17.3. The van der Waals surface area contributed by atoms with Crippen LogP contribution in [0.5, 0.6) is 0 Å². The summed E-state index contributed by atoms with van der Waals surface area (Å²) < 4.78 is 0. The summed E-state index contributed by atoms with van der Waals surface area (Å²) in [6.45, 7) is 7.26. The minimum Gasteiger partial charge on any atom is -0.266 e. The highest BCUT2D eigenvalue weighted by Crippen LogP contribution is 2.40. The van der Waals surface area contributed by atoms with Crippen LogP contribution in [0.1, 0.15) is 37.5 Å². The van der Waals surface area contributed by atoms with Gasteiger partial charge in [0.1, 0.15) is 5.84 Å². The molecule has 0 unspecified atom stereocenters. The molecule has 0 saturated carbocycles. The van der Waals surface area contributed by atoms with Crippen LogP contribution in [0.3, 0.4) is 0 Å². The predicted molar refractivity (Wildman–Crippen MR) is 121 cm³/mol. The summed E-state index contributed by atoms with van der Waals surface area (Å²) in [5.74, 6) is 0.939. The third kappa shape index (κ3) is 3.61. The van der Waals surface area contributed by atoms with Crippen molar-refractivity contribution >= 4 is 11.5 Å². The first kappa shape index (κ1) is 19.1. The van der Waals surface area contributed by atoms with E-state index >= 15 is 0 Å². The van der Waals surface area contributed by atoms with Crippen molar-refractivity contribution in [1.82, 2.24) is 5.01 Å². The van der Waals surface area contributed by atoms with Gasteiger partial charge in [-0.2, -0.15) is 5.10 Å². The lowest BCUT2D eigenvalue weighted by Crippen LogP contribution is -2.45. The standard InChI is InChI=1S/C26H27N3/c1-20-26(3,24-17-11-6-12-18-24)25(23-15-9-5-10-16-23)28-29(20)21(2)27-19-22-13-7-4-8-14-22/h4-18,20H,19H2,1-3H3/t20-,26-/m1/s1. The fraction of sp³-hybridized carbons (Fsp3) is 0.231. The second-order valence-corrected chi connectivity index (χ2v) is 7.75. The fourth-order valence-electron chi connectivity index (χ4n) is 4.07. The molecule has 3 aromatic rings. The van der Waals surface area contributed by atoms with Gasteiger partial charge in [0.15, 0.2) is 0 Å². The molecule has 0 fully saturated rings. The molecule has 3 nitrogen and oxygen atoms in total. The number of hydrogen-bond acceptors (Lipinski definition) is 2. The maximum Gasteiger partial charge on any atom is 0.117 e. The zero-order chi connectivity index (χ0) is 20.3. The van der Waals surface area contributed by atoms with Crippen LogP contribution >= 0.6 is 0 Å².